The van der Waals surface area contributed by atoms with E-state index in [9.17, 15) is 14.3 Å². The molecule has 1 saturated carbocycles. The fourth-order valence-corrected chi connectivity index (χ4v) is 2.82. The molecule has 146 valence electrons. The lowest BCUT2D eigenvalue weighted by Gasteiger charge is -2.06. The van der Waals surface area contributed by atoms with E-state index < -0.39 is 11.5 Å². The van der Waals surface area contributed by atoms with Crippen molar-refractivity contribution in [2.45, 2.75) is 18.9 Å². The number of fused-ring (bicyclic) bond motifs is 1. The molecule has 1 fully saturated rings. The summed E-state index contributed by atoms with van der Waals surface area (Å²) < 4.78 is 15.5. The van der Waals surface area contributed by atoms with E-state index in [2.05, 4.69) is 35.3 Å². The Hall–Kier alpha value is -4.02. The van der Waals surface area contributed by atoms with Gasteiger partial charge in [-0.15, -0.1) is 0 Å². The van der Waals surface area contributed by atoms with Gasteiger partial charge in [-0.3, -0.25) is 4.98 Å². The van der Waals surface area contributed by atoms with Crippen molar-refractivity contribution in [3.05, 3.63) is 63.3 Å². The topological polar surface area (TPSA) is 136 Å². The molecule has 1 aliphatic rings. The summed E-state index contributed by atoms with van der Waals surface area (Å²) in [5.74, 6) is -0.577. The minimum Gasteiger partial charge on any atom is -0.493 e. The van der Waals surface area contributed by atoms with Crippen molar-refractivity contribution in [2.75, 3.05) is 5.32 Å². The molecule has 3 aromatic heterocycles. The maximum atomic E-state index is 14.0. The minimum absolute atomic E-state index is 0.156. The number of halogens is 1. The lowest BCUT2D eigenvalue weighted by Crippen LogP contribution is -2.24. The Morgan fingerprint density at radius 3 is 2.83 bits per heavy atom. The number of aromatic hydroxyl groups is 1. The molecule has 0 aliphatic heterocycles. The number of hydrogen-bond acceptors (Lipinski definition) is 7. The van der Waals surface area contributed by atoms with Crippen LogP contribution in [-0.2, 0) is 0 Å². The van der Waals surface area contributed by atoms with Crippen LogP contribution in [0.5, 0.6) is 5.88 Å². The van der Waals surface area contributed by atoms with Crippen LogP contribution in [-0.4, -0.2) is 40.7 Å². The minimum atomic E-state index is -0.536. The van der Waals surface area contributed by atoms with Crippen LogP contribution in [0.15, 0.2) is 40.2 Å². The first-order valence-electron chi connectivity index (χ1n) is 8.91. The zero-order valence-electron chi connectivity index (χ0n) is 14.9. The molecule has 0 unspecified atom stereocenters. The predicted octanol–water partition coefficient (Wildman–Crippen LogP) is 0.340. The zero-order valence-corrected chi connectivity index (χ0v) is 14.9. The smallest absolute Gasteiger partial charge is 0.326 e. The molecule has 1 aliphatic carbocycles. The molecule has 4 aromatic rings. The second-order valence-electron chi connectivity index (χ2n) is 6.63. The van der Waals surface area contributed by atoms with Gasteiger partial charge in [0, 0.05) is 5.22 Å². The highest BCUT2D eigenvalue weighted by Gasteiger charge is 2.21. The van der Waals surface area contributed by atoms with Crippen molar-refractivity contribution in [1.82, 2.24) is 29.5 Å². The highest BCUT2D eigenvalue weighted by Crippen LogP contribution is 2.22. The molecule has 0 radical (unpaired) electrons. The van der Waals surface area contributed by atoms with E-state index in [1.165, 1.54) is 22.9 Å². The van der Waals surface area contributed by atoms with Crippen molar-refractivity contribution in [1.29, 1.82) is 0 Å². The van der Waals surface area contributed by atoms with Gasteiger partial charge < -0.3 is 15.4 Å². The molecule has 29 heavy (non-hydrogen) atoms. The summed E-state index contributed by atoms with van der Waals surface area (Å²) in [4.78, 5) is 29.5. The Bertz CT molecular complexity index is 1400. The summed E-state index contributed by atoms with van der Waals surface area (Å²) in [5, 5.41) is 17.5. The highest BCUT2D eigenvalue weighted by atomic mass is 19.1. The standard InChI is InChI=1S/C18H15FN8O2/c19-11-3-1-2-4-12(11)22-16-24-14-9(7-13-15(28)25-18(29)23-13)8-20-27(14)17(26-16)21-10-5-6-10/h1-4,7-8,10,28H,5-6H2,(H,21,22,26)(H2,23,25,29). The number of rotatable bonds is 4. The number of aromatic nitrogens is 6. The van der Waals surface area contributed by atoms with E-state index in [-0.39, 0.29) is 29.3 Å². The molecule has 0 spiro atoms. The third-order valence-electron chi connectivity index (χ3n) is 4.38. The number of nitrogens with zero attached hydrogens (tertiary/aromatic N) is 5. The molecule has 11 heteroatoms. The van der Waals surface area contributed by atoms with Crippen molar-refractivity contribution in [3.8, 4) is 5.88 Å². The van der Waals surface area contributed by atoms with Crippen LogP contribution >= 0.6 is 0 Å². The molecule has 3 heterocycles. The quantitative estimate of drug-likeness (QED) is 0.394. The van der Waals surface area contributed by atoms with Crippen molar-refractivity contribution < 1.29 is 9.50 Å². The average molecular weight is 394 g/mol. The van der Waals surface area contributed by atoms with E-state index in [4.69, 9.17) is 0 Å². The number of anilines is 2. The van der Waals surface area contributed by atoms with Crippen LogP contribution < -0.4 is 21.8 Å². The molecule has 5 rings (SSSR count). The van der Waals surface area contributed by atoms with E-state index in [0.717, 1.165) is 12.8 Å². The monoisotopic (exact) mass is 394 g/mol. The lowest BCUT2D eigenvalue weighted by atomic mass is 10.3. The van der Waals surface area contributed by atoms with Crippen LogP contribution in [0.2, 0.25) is 0 Å². The Morgan fingerprint density at radius 2 is 2.10 bits per heavy atom. The van der Waals surface area contributed by atoms with Crippen LogP contribution in [0.3, 0.4) is 0 Å². The van der Waals surface area contributed by atoms with E-state index in [1.54, 1.807) is 18.2 Å². The van der Waals surface area contributed by atoms with Gasteiger partial charge in [0.2, 0.25) is 11.8 Å². The summed E-state index contributed by atoms with van der Waals surface area (Å²) in [5.41, 5.74) is 0.605. The first kappa shape index (κ1) is 17.1. The van der Waals surface area contributed by atoms with Gasteiger partial charge in [-0.1, -0.05) is 12.1 Å². The van der Waals surface area contributed by atoms with Gasteiger partial charge in [-0.05, 0) is 31.1 Å². The third-order valence-corrected chi connectivity index (χ3v) is 4.38. The number of hydrogen-bond donors (Lipinski definition) is 4. The Balaban J connectivity index is 1.70. The van der Waals surface area contributed by atoms with Gasteiger partial charge in [0.1, 0.15) is 11.5 Å². The normalized spacial score (nSPS) is 15.3. The maximum absolute atomic E-state index is 14.0. The van der Waals surface area contributed by atoms with Gasteiger partial charge >= 0.3 is 5.69 Å². The van der Waals surface area contributed by atoms with Crippen molar-refractivity contribution in [3.63, 3.8) is 0 Å². The number of para-hydroxylation sites is 1. The first-order valence-corrected chi connectivity index (χ1v) is 8.91. The van der Waals surface area contributed by atoms with Gasteiger partial charge in [0.15, 0.2) is 5.65 Å². The number of aromatic amines is 2. The van der Waals surface area contributed by atoms with Gasteiger partial charge in [-0.2, -0.15) is 19.6 Å². The number of benzene rings is 1. The highest BCUT2D eigenvalue weighted by molar-refractivity contribution is 5.59. The number of imidazole rings is 1. The molecule has 0 amide bonds. The Labute approximate surface area is 161 Å². The number of H-pyrrole nitrogens is 2. The van der Waals surface area contributed by atoms with Crippen molar-refractivity contribution >= 4 is 23.4 Å². The first-order chi connectivity index (χ1) is 14.1. The molecule has 0 bridgehead atoms. The predicted molar refractivity (Wildman–Crippen MR) is 101 cm³/mol. The third kappa shape index (κ3) is 3.33. The summed E-state index contributed by atoms with van der Waals surface area (Å²) in [6.07, 6.45) is 4.99. The molecule has 4 N–H and O–H groups in total. The van der Waals surface area contributed by atoms with Gasteiger partial charge in [0.05, 0.1) is 17.9 Å². The van der Waals surface area contributed by atoms with Gasteiger partial charge in [0.25, 0.3) is 5.62 Å². The molecule has 0 atom stereocenters. The largest absolute Gasteiger partial charge is 0.493 e. The van der Waals surface area contributed by atoms with E-state index >= 15 is 0 Å². The van der Waals surface area contributed by atoms with E-state index in [1.807, 2.05) is 0 Å². The van der Waals surface area contributed by atoms with Crippen LogP contribution in [0, 0.1) is 5.82 Å². The van der Waals surface area contributed by atoms with Crippen LogP contribution in [0.25, 0.3) is 11.7 Å². The summed E-state index contributed by atoms with van der Waals surface area (Å²) in [6, 6.07) is 6.37. The lowest BCUT2D eigenvalue weighted by molar-refractivity contribution is 0.454. The Kier molecular flexibility index (Phi) is 3.86. The molecule has 1 aromatic carbocycles. The summed E-state index contributed by atoms with van der Waals surface area (Å²) in [7, 11) is 0. The molecular formula is C18H15FN8O2. The second-order valence-corrected chi connectivity index (χ2v) is 6.63. The van der Waals surface area contributed by atoms with E-state index in [0.29, 0.717) is 16.5 Å². The fraction of sp³-hybridized carbons (Fsp3) is 0.167. The van der Waals surface area contributed by atoms with Crippen LogP contribution in [0.4, 0.5) is 16.0 Å². The van der Waals surface area contributed by atoms with Crippen molar-refractivity contribution in [2.24, 2.45) is 4.99 Å². The molecular weight excluding hydrogens is 379 g/mol. The molecule has 10 nitrogen and oxygen atoms in total. The van der Waals surface area contributed by atoms with Crippen LogP contribution in [0.1, 0.15) is 18.5 Å². The summed E-state index contributed by atoms with van der Waals surface area (Å²) in [6.45, 7) is 0. The maximum Gasteiger partial charge on any atom is 0.326 e. The SMILES string of the molecule is O=c1[nH]c(O)c(C=c2cnn3c(=NC4CC4)nc(Nc4ccccc4F)nc23)[nH]1. The summed E-state index contributed by atoms with van der Waals surface area (Å²) >= 11 is 0. The Morgan fingerprint density at radius 1 is 1.28 bits per heavy atom. The number of nitrogens with one attached hydrogen (secondary N) is 3. The molecule has 0 saturated heterocycles. The van der Waals surface area contributed by atoms with Gasteiger partial charge in [-0.25, -0.2) is 14.2 Å². The fourth-order valence-electron chi connectivity index (χ4n) is 2.82. The average Bonchev–Trinajstić information content (AvgIpc) is 3.33. The zero-order chi connectivity index (χ0) is 20.0. The second kappa shape index (κ2) is 6.55.